The van der Waals surface area contributed by atoms with Crippen LogP contribution in [0, 0.1) is 29.1 Å². The van der Waals surface area contributed by atoms with E-state index in [2.05, 4.69) is 6.07 Å². The normalized spacial score (nSPS) is 61.7. The summed E-state index contributed by atoms with van der Waals surface area (Å²) in [6, 6.07) is 2.37. The van der Waals surface area contributed by atoms with Gasteiger partial charge >= 0.3 is 0 Å². The Morgan fingerprint density at radius 2 is 2.20 bits per heavy atom. The average Bonchev–Trinajstić information content (AvgIpc) is 2.58. The third-order valence-corrected chi connectivity index (χ3v) is 3.26. The number of nitrogens with zero attached hydrogens (tertiary/aromatic N) is 1. The fourth-order valence-electron chi connectivity index (χ4n) is 2.75. The van der Waals surface area contributed by atoms with Crippen LogP contribution in [0.15, 0.2) is 0 Å². The zero-order valence-corrected chi connectivity index (χ0v) is 5.66. The van der Waals surface area contributed by atoms with Crippen LogP contribution in [0.3, 0.4) is 0 Å². The van der Waals surface area contributed by atoms with Gasteiger partial charge < -0.3 is 4.74 Å². The molecule has 1 saturated heterocycles. The summed E-state index contributed by atoms with van der Waals surface area (Å²) in [7, 11) is 0. The van der Waals surface area contributed by atoms with Crippen molar-refractivity contribution in [1.29, 1.82) is 5.26 Å². The zero-order chi connectivity index (χ0) is 6.72. The van der Waals surface area contributed by atoms with E-state index in [1.807, 2.05) is 0 Å². The molecular weight excluding hydrogens is 126 g/mol. The number of ether oxygens (including phenoxy) is 1. The Kier molecular flexibility index (Phi) is 0.709. The van der Waals surface area contributed by atoms with Crippen LogP contribution in [0.4, 0.5) is 0 Å². The van der Waals surface area contributed by atoms with Gasteiger partial charge in [-0.15, -0.1) is 0 Å². The minimum atomic E-state index is 0.328. The van der Waals surface area contributed by atoms with Crippen molar-refractivity contribution in [3.8, 4) is 6.07 Å². The molecule has 2 bridgehead atoms. The van der Waals surface area contributed by atoms with Gasteiger partial charge in [0.05, 0.1) is 24.2 Å². The molecule has 0 amide bonds. The van der Waals surface area contributed by atoms with Crippen LogP contribution >= 0.6 is 0 Å². The maximum Gasteiger partial charge on any atom is 0.0885 e. The number of epoxide rings is 1. The molecule has 10 heavy (non-hydrogen) atoms. The van der Waals surface area contributed by atoms with E-state index >= 15 is 0 Å². The molecule has 1 heterocycles. The van der Waals surface area contributed by atoms with E-state index in [-0.39, 0.29) is 0 Å². The van der Waals surface area contributed by atoms with Gasteiger partial charge in [0.15, 0.2) is 0 Å². The molecule has 2 heteroatoms. The summed E-state index contributed by atoms with van der Waals surface area (Å²) < 4.78 is 5.42. The fraction of sp³-hybridized carbons (Fsp3) is 0.875. The molecule has 2 aliphatic carbocycles. The Morgan fingerprint density at radius 1 is 1.30 bits per heavy atom. The standard InChI is InChI=1S/C8H9NO/c9-3-5-1-4-2-6(5)8-7(4)10-8/h4-8H,1-2H2/t4-,5+,6+,7-,8+/m0/s1. The molecule has 2 saturated carbocycles. The van der Waals surface area contributed by atoms with Crippen LogP contribution in [0.25, 0.3) is 0 Å². The van der Waals surface area contributed by atoms with Crippen molar-refractivity contribution in [2.45, 2.75) is 25.0 Å². The Hall–Kier alpha value is -0.550. The zero-order valence-electron chi connectivity index (χ0n) is 5.66. The number of rotatable bonds is 0. The van der Waals surface area contributed by atoms with Crippen LogP contribution in [-0.4, -0.2) is 12.2 Å². The second-order valence-corrected chi connectivity index (χ2v) is 3.70. The highest BCUT2D eigenvalue weighted by Gasteiger charge is 2.63. The number of hydrogen-bond acceptors (Lipinski definition) is 2. The number of nitriles is 1. The van der Waals surface area contributed by atoms with Gasteiger partial charge in [-0.05, 0) is 18.8 Å². The Labute approximate surface area is 59.8 Å². The fourth-order valence-corrected chi connectivity index (χ4v) is 2.75. The molecule has 0 aromatic carbocycles. The van der Waals surface area contributed by atoms with Gasteiger partial charge in [0, 0.05) is 5.92 Å². The van der Waals surface area contributed by atoms with Crippen LogP contribution in [0.2, 0.25) is 0 Å². The third-order valence-electron chi connectivity index (χ3n) is 3.26. The van der Waals surface area contributed by atoms with E-state index in [0.29, 0.717) is 24.0 Å². The molecule has 3 rings (SSSR count). The predicted octanol–water partition coefficient (Wildman–Crippen LogP) is 0.933. The summed E-state index contributed by atoms with van der Waals surface area (Å²) in [5.74, 6) is 1.69. The molecule has 3 fully saturated rings. The van der Waals surface area contributed by atoms with Gasteiger partial charge in [-0.2, -0.15) is 5.26 Å². The van der Waals surface area contributed by atoms with Gasteiger partial charge in [0.1, 0.15) is 0 Å². The van der Waals surface area contributed by atoms with Crippen LogP contribution < -0.4 is 0 Å². The monoisotopic (exact) mass is 135 g/mol. The highest BCUT2D eigenvalue weighted by atomic mass is 16.6. The van der Waals surface area contributed by atoms with Crippen molar-refractivity contribution in [2.24, 2.45) is 17.8 Å². The first-order valence-corrected chi connectivity index (χ1v) is 3.95. The second kappa shape index (κ2) is 1.38. The smallest absolute Gasteiger partial charge is 0.0885 e. The number of hydrogen-bond donors (Lipinski definition) is 0. The summed E-state index contributed by atoms with van der Waals surface area (Å²) in [6.07, 6.45) is 3.47. The van der Waals surface area contributed by atoms with Crippen LogP contribution in [0.1, 0.15) is 12.8 Å². The van der Waals surface area contributed by atoms with E-state index in [9.17, 15) is 0 Å². The molecule has 0 N–H and O–H groups in total. The molecule has 5 atom stereocenters. The Balaban J connectivity index is 1.93. The molecule has 0 spiro atoms. The maximum absolute atomic E-state index is 8.72. The molecule has 3 aliphatic rings. The first-order valence-electron chi connectivity index (χ1n) is 3.95. The minimum Gasteiger partial charge on any atom is -0.369 e. The van der Waals surface area contributed by atoms with Crippen molar-refractivity contribution < 1.29 is 4.74 Å². The van der Waals surface area contributed by atoms with Crippen LogP contribution in [0.5, 0.6) is 0 Å². The summed E-state index contributed by atoms with van der Waals surface area (Å²) in [4.78, 5) is 0. The third kappa shape index (κ3) is 0.411. The summed E-state index contributed by atoms with van der Waals surface area (Å²) >= 11 is 0. The van der Waals surface area contributed by atoms with Gasteiger partial charge in [-0.25, -0.2) is 0 Å². The van der Waals surface area contributed by atoms with E-state index in [1.165, 1.54) is 6.42 Å². The lowest BCUT2D eigenvalue weighted by Crippen LogP contribution is -2.15. The van der Waals surface area contributed by atoms with Gasteiger partial charge in [0.25, 0.3) is 0 Å². The van der Waals surface area contributed by atoms with Crippen molar-refractivity contribution >= 4 is 0 Å². The molecule has 0 radical (unpaired) electrons. The molecule has 0 aromatic heterocycles. The molecule has 0 aromatic rings. The Bertz CT molecular complexity index is 220. The van der Waals surface area contributed by atoms with Crippen molar-refractivity contribution in [2.75, 3.05) is 0 Å². The quantitative estimate of drug-likeness (QED) is 0.463. The highest BCUT2D eigenvalue weighted by Crippen LogP contribution is 2.58. The van der Waals surface area contributed by atoms with E-state index in [4.69, 9.17) is 10.00 Å². The summed E-state index contributed by atoms with van der Waals surface area (Å²) in [5, 5.41) is 8.72. The molecule has 1 aliphatic heterocycles. The predicted molar refractivity (Wildman–Crippen MR) is 34.0 cm³/mol. The topological polar surface area (TPSA) is 36.3 Å². The van der Waals surface area contributed by atoms with Gasteiger partial charge in [-0.3, -0.25) is 0 Å². The van der Waals surface area contributed by atoms with Crippen molar-refractivity contribution in [3.05, 3.63) is 0 Å². The van der Waals surface area contributed by atoms with Crippen LogP contribution in [-0.2, 0) is 4.74 Å². The summed E-state index contributed by atoms with van der Waals surface area (Å²) in [5.41, 5.74) is 0. The van der Waals surface area contributed by atoms with Crippen molar-refractivity contribution in [3.63, 3.8) is 0 Å². The van der Waals surface area contributed by atoms with Gasteiger partial charge in [-0.1, -0.05) is 0 Å². The molecule has 2 nitrogen and oxygen atoms in total. The first kappa shape index (κ1) is 5.15. The largest absolute Gasteiger partial charge is 0.369 e. The van der Waals surface area contributed by atoms with Crippen molar-refractivity contribution in [1.82, 2.24) is 0 Å². The number of fused-ring (bicyclic) bond motifs is 5. The molecular formula is C8H9NO. The lowest BCUT2D eigenvalue weighted by atomic mass is 9.90. The summed E-state index contributed by atoms with van der Waals surface area (Å²) in [6.45, 7) is 0. The van der Waals surface area contributed by atoms with Gasteiger partial charge in [0.2, 0.25) is 0 Å². The van der Waals surface area contributed by atoms with E-state index in [1.54, 1.807) is 0 Å². The SMILES string of the molecule is N#C[C@H]1C[C@H]2C[C@H]1[C@H]1O[C@@H]21. The second-order valence-electron chi connectivity index (χ2n) is 3.70. The molecule has 52 valence electrons. The lowest BCUT2D eigenvalue weighted by Gasteiger charge is -2.09. The highest BCUT2D eigenvalue weighted by molar-refractivity contribution is 5.14. The Morgan fingerprint density at radius 3 is 2.80 bits per heavy atom. The average molecular weight is 135 g/mol. The maximum atomic E-state index is 8.72. The first-order chi connectivity index (χ1) is 4.90. The lowest BCUT2D eigenvalue weighted by molar-refractivity contribution is 0.259. The molecule has 0 unspecified atom stereocenters. The minimum absolute atomic E-state index is 0.328. The van der Waals surface area contributed by atoms with E-state index < -0.39 is 0 Å². The van der Waals surface area contributed by atoms with E-state index in [0.717, 1.165) is 12.3 Å².